The Hall–Kier alpha value is -0.960. The largest absolute Gasteiger partial charge is 0.242 e. The summed E-state index contributed by atoms with van der Waals surface area (Å²) < 4.78 is 53.3. The smallest absolute Gasteiger partial charge is 0.208 e. The van der Waals surface area contributed by atoms with Crippen molar-refractivity contribution < 1.29 is 16.8 Å². The van der Waals surface area contributed by atoms with Crippen LogP contribution in [-0.2, 0) is 20.0 Å². The first kappa shape index (κ1) is 18.8. The third kappa shape index (κ3) is 3.63. The first-order valence-corrected chi connectivity index (χ1v) is 11.6. The van der Waals surface area contributed by atoms with E-state index in [9.17, 15) is 16.8 Å². The Balaban J connectivity index is 1.74. The van der Waals surface area contributed by atoms with Gasteiger partial charge in [0.1, 0.15) is 0 Å². The molecule has 3 rings (SSSR count). The van der Waals surface area contributed by atoms with Crippen LogP contribution < -0.4 is 4.72 Å². The highest BCUT2D eigenvalue weighted by Crippen LogP contribution is 2.49. The van der Waals surface area contributed by atoms with Crippen LogP contribution in [0, 0.1) is 17.8 Å². The van der Waals surface area contributed by atoms with Crippen molar-refractivity contribution in [2.24, 2.45) is 17.8 Å². The van der Waals surface area contributed by atoms with E-state index < -0.39 is 20.0 Å². The van der Waals surface area contributed by atoms with E-state index in [4.69, 9.17) is 0 Å². The quantitative estimate of drug-likeness (QED) is 0.811. The second kappa shape index (κ2) is 6.64. The van der Waals surface area contributed by atoms with Crippen molar-refractivity contribution in [2.75, 3.05) is 14.1 Å². The fraction of sp³-hybridized carbons (Fsp3) is 0.647. The average Bonchev–Trinajstić information content (AvgIpc) is 3.17. The van der Waals surface area contributed by atoms with Gasteiger partial charge in [-0.15, -0.1) is 0 Å². The highest BCUT2D eigenvalue weighted by atomic mass is 32.2. The van der Waals surface area contributed by atoms with Gasteiger partial charge in [0.05, 0.1) is 9.79 Å². The van der Waals surface area contributed by atoms with Crippen molar-refractivity contribution in [3.63, 3.8) is 0 Å². The number of hydrogen-bond acceptors (Lipinski definition) is 4. The first-order valence-electron chi connectivity index (χ1n) is 8.66. The van der Waals surface area contributed by atoms with E-state index in [1.54, 1.807) is 0 Å². The zero-order valence-corrected chi connectivity index (χ0v) is 16.5. The lowest BCUT2D eigenvalue weighted by Gasteiger charge is -2.28. The van der Waals surface area contributed by atoms with Crippen LogP contribution in [0.4, 0.5) is 0 Å². The Morgan fingerprint density at radius 3 is 2.08 bits per heavy atom. The van der Waals surface area contributed by atoms with E-state index >= 15 is 0 Å². The molecule has 0 aromatic heterocycles. The lowest BCUT2D eigenvalue weighted by Crippen LogP contribution is -2.40. The Kier molecular flexibility index (Phi) is 5.00. The molecule has 4 atom stereocenters. The van der Waals surface area contributed by atoms with Gasteiger partial charge in [0.15, 0.2) is 0 Å². The van der Waals surface area contributed by atoms with Crippen molar-refractivity contribution in [3.8, 4) is 0 Å². The van der Waals surface area contributed by atoms with Crippen molar-refractivity contribution >= 4 is 20.0 Å². The number of rotatable bonds is 6. The minimum Gasteiger partial charge on any atom is -0.208 e. The number of hydrogen-bond donors (Lipinski definition) is 1. The SMILES string of the molecule is C[C@@H](NS(=O)(=O)c1ccc(S(=O)(=O)N(C)C)cc1)[C@H]1C[C@H]2CC[C@H]1C2. The second-order valence-corrected chi connectivity index (χ2v) is 11.4. The molecule has 2 fully saturated rings. The maximum atomic E-state index is 12.6. The monoisotopic (exact) mass is 386 g/mol. The summed E-state index contributed by atoms with van der Waals surface area (Å²) >= 11 is 0. The molecule has 6 nitrogen and oxygen atoms in total. The summed E-state index contributed by atoms with van der Waals surface area (Å²) in [6, 6.07) is 5.28. The van der Waals surface area contributed by atoms with Crippen LogP contribution in [0.3, 0.4) is 0 Å². The van der Waals surface area contributed by atoms with Crippen molar-refractivity contribution in [1.82, 2.24) is 9.03 Å². The van der Waals surface area contributed by atoms with E-state index in [-0.39, 0.29) is 15.8 Å². The average molecular weight is 387 g/mol. The third-order valence-corrected chi connectivity index (χ3v) is 9.09. The van der Waals surface area contributed by atoms with Gasteiger partial charge in [0, 0.05) is 20.1 Å². The minimum absolute atomic E-state index is 0.0811. The molecule has 2 aliphatic rings. The normalized spacial score (nSPS) is 27.8. The summed E-state index contributed by atoms with van der Waals surface area (Å²) in [6.45, 7) is 1.94. The molecule has 140 valence electrons. The van der Waals surface area contributed by atoms with Gasteiger partial charge >= 0.3 is 0 Å². The zero-order chi connectivity index (χ0) is 18.4. The molecule has 1 aromatic carbocycles. The fourth-order valence-electron chi connectivity index (χ4n) is 4.31. The van der Waals surface area contributed by atoms with Gasteiger partial charge in [-0.1, -0.05) is 6.42 Å². The molecule has 2 aliphatic carbocycles. The van der Waals surface area contributed by atoms with Crippen LogP contribution in [0.5, 0.6) is 0 Å². The van der Waals surface area contributed by atoms with Crippen LogP contribution in [0.1, 0.15) is 32.6 Å². The Bertz CT molecular complexity index is 832. The summed E-state index contributed by atoms with van der Waals surface area (Å²) in [5.41, 5.74) is 0. The Morgan fingerprint density at radius 1 is 1.00 bits per heavy atom. The molecule has 0 aliphatic heterocycles. The molecule has 2 saturated carbocycles. The van der Waals surface area contributed by atoms with Crippen molar-refractivity contribution in [1.29, 1.82) is 0 Å². The summed E-state index contributed by atoms with van der Waals surface area (Å²) in [6.07, 6.45) is 4.82. The van der Waals surface area contributed by atoms with Gasteiger partial charge in [0.25, 0.3) is 0 Å². The van der Waals surface area contributed by atoms with E-state index in [1.165, 1.54) is 57.6 Å². The van der Waals surface area contributed by atoms with Crippen LogP contribution in [0.25, 0.3) is 0 Å². The lowest BCUT2D eigenvalue weighted by molar-refractivity contribution is 0.280. The molecule has 0 unspecified atom stereocenters. The lowest BCUT2D eigenvalue weighted by atomic mass is 9.84. The number of fused-ring (bicyclic) bond motifs is 2. The number of benzene rings is 1. The molecule has 1 aromatic rings. The predicted octanol–water partition coefficient (Wildman–Crippen LogP) is 2.04. The topological polar surface area (TPSA) is 83.5 Å². The van der Waals surface area contributed by atoms with Crippen LogP contribution in [-0.4, -0.2) is 41.3 Å². The van der Waals surface area contributed by atoms with Crippen LogP contribution >= 0.6 is 0 Å². The summed E-state index contributed by atoms with van der Waals surface area (Å²) in [5, 5.41) is 0. The van der Waals surface area contributed by atoms with Gasteiger partial charge in [0.2, 0.25) is 20.0 Å². The summed E-state index contributed by atoms with van der Waals surface area (Å²) in [4.78, 5) is 0.179. The van der Waals surface area contributed by atoms with E-state index in [1.807, 2.05) is 6.92 Å². The van der Waals surface area contributed by atoms with Gasteiger partial charge in [-0.3, -0.25) is 0 Å². The maximum Gasteiger partial charge on any atom is 0.242 e. The molecular formula is C17H26N2O4S2. The van der Waals surface area contributed by atoms with E-state index in [0.29, 0.717) is 11.8 Å². The van der Waals surface area contributed by atoms with E-state index in [2.05, 4.69) is 4.72 Å². The van der Waals surface area contributed by atoms with Gasteiger partial charge < -0.3 is 0 Å². The number of nitrogens with one attached hydrogen (secondary N) is 1. The number of sulfonamides is 2. The minimum atomic E-state index is -3.65. The standard InChI is InChI=1S/C17H26N2O4S2/c1-12(17-11-13-4-5-14(17)10-13)18-24(20,21)15-6-8-16(9-7-15)25(22,23)19(2)3/h6-9,12-14,17-18H,4-5,10-11H2,1-3H3/t12-,13+,14+,17-/m1/s1. The first-order chi connectivity index (χ1) is 11.6. The molecule has 2 bridgehead atoms. The maximum absolute atomic E-state index is 12.6. The predicted molar refractivity (Wildman–Crippen MR) is 96.0 cm³/mol. The molecular weight excluding hydrogens is 360 g/mol. The Labute approximate surface area is 150 Å². The molecule has 8 heteroatoms. The van der Waals surface area contributed by atoms with Crippen molar-refractivity contribution in [2.45, 2.75) is 48.4 Å². The molecule has 0 radical (unpaired) electrons. The van der Waals surface area contributed by atoms with Crippen LogP contribution in [0.15, 0.2) is 34.1 Å². The number of nitrogens with zero attached hydrogens (tertiary/aromatic N) is 1. The van der Waals surface area contributed by atoms with E-state index in [0.717, 1.165) is 16.6 Å². The fourth-order valence-corrected chi connectivity index (χ4v) is 6.50. The highest BCUT2D eigenvalue weighted by Gasteiger charge is 2.42. The van der Waals surface area contributed by atoms with Gasteiger partial charge in [-0.25, -0.2) is 25.9 Å². The molecule has 25 heavy (non-hydrogen) atoms. The van der Waals surface area contributed by atoms with Gasteiger partial charge in [-0.05, 0) is 68.2 Å². The summed E-state index contributed by atoms with van der Waals surface area (Å²) in [7, 11) is -4.33. The zero-order valence-electron chi connectivity index (χ0n) is 14.8. The van der Waals surface area contributed by atoms with Crippen molar-refractivity contribution in [3.05, 3.63) is 24.3 Å². The molecule has 1 N–H and O–H groups in total. The highest BCUT2D eigenvalue weighted by molar-refractivity contribution is 7.89. The molecule has 0 amide bonds. The molecule has 0 saturated heterocycles. The van der Waals surface area contributed by atoms with Gasteiger partial charge in [-0.2, -0.15) is 0 Å². The van der Waals surface area contributed by atoms with Crippen LogP contribution in [0.2, 0.25) is 0 Å². The molecule has 0 heterocycles. The second-order valence-electron chi connectivity index (χ2n) is 7.51. The molecule has 0 spiro atoms. The third-order valence-electron chi connectivity index (χ3n) is 5.69. The Morgan fingerprint density at radius 2 is 1.60 bits per heavy atom. The summed E-state index contributed by atoms with van der Waals surface area (Å²) in [5.74, 6) is 1.80.